The first kappa shape index (κ1) is 23.3. The van der Waals surface area contributed by atoms with Gasteiger partial charge in [-0.1, -0.05) is 36.2 Å². The maximum Gasteiger partial charge on any atom is 0.417 e. The molecule has 1 unspecified atom stereocenters. The Hall–Kier alpha value is -1.97. The fourth-order valence-corrected chi connectivity index (χ4v) is 4.33. The predicted molar refractivity (Wildman–Crippen MR) is 108 cm³/mol. The second-order valence-electron chi connectivity index (χ2n) is 6.14. The smallest absolute Gasteiger partial charge is 0.324 e. The minimum absolute atomic E-state index is 0.0606. The van der Waals surface area contributed by atoms with E-state index in [1.807, 2.05) is 0 Å². The molecule has 2 rings (SSSR count). The minimum Gasteiger partial charge on any atom is -0.324 e. The highest BCUT2D eigenvalue weighted by molar-refractivity contribution is 7.92. The molecule has 2 aromatic carbocycles. The average molecular weight is 469 g/mol. The van der Waals surface area contributed by atoms with Gasteiger partial charge in [0.05, 0.1) is 22.5 Å². The Morgan fingerprint density at radius 2 is 1.83 bits per heavy atom. The zero-order valence-electron chi connectivity index (χ0n) is 15.3. The van der Waals surface area contributed by atoms with Gasteiger partial charge >= 0.3 is 6.18 Å². The van der Waals surface area contributed by atoms with Crippen LogP contribution in [-0.2, 0) is 21.0 Å². The third-order valence-corrected chi connectivity index (χ3v) is 5.68. The standard InChI is InChI=1S/C18H17Cl2F3N2O3S/c1-3-16(25(29(2,27)28)13-6-4-5-11(19)9-13)17(26)24-12-7-8-15(20)14(10-12)18(21,22)23/h4-10,16H,3H2,1-2H3,(H,24,26). The van der Waals surface area contributed by atoms with Crippen LogP contribution in [0.2, 0.25) is 10.0 Å². The van der Waals surface area contributed by atoms with Crippen molar-refractivity contribution in [2.45, 2.75) is 25.6 Å². The highest BCUT2D eigenvalue weighted by atomic mass is 35.5. The van der Waals surface area contributed by atoms with Crippen molar-refractivity contribution in [3.63, 3.8) is 0 Å². The summed E-state index contributed by atoms with van der Waals surface area (Å²) in [4.78, 5) is 12.8. The first-order valence-corrected chi connectivity index (χ1v) is 10.9. The van der Waals surface area contributed by atoms with Crippen LogP contribution in [0.25, 0.3) is 0 Å². The third kappa shape index (κ3) is 5.77. The topological polar surface area (TPSA) is 66.5 Å². The van der Waals surface area contributed by atoms with E-state index in [2.05, 4.69) is 5.32 Å². The lowest BCUT2D eigenvalue weighted by atomic mass is 10.1. The van der Waals surface area contributed by atoms with Gasteiger partial charge in [-0.3, -0.25) is 9.10 Å². The van der Waals surface area contributed by atoms with Crippen LogP contribution in [0.5, 0.6) is 0 Å². The molecule has 0 aliphatic carbocycles. The predicted octanol–water partition coefficient (Wildman–Crippen LogP) is 5.20. The SMILES string of the molecule is CCC(C(=O)Nc1ccc(Cl)c(C(F)(F)F)c1)N(c1cccc(Cl)c1)S(C)(=O)=O. The largest absolute Gasteiger partial charge is 0.417 e. The van der Waals surface area contributed by atoms with Gasteiger partial charge in [-0.25, -0.2) is 8.42 Å². The van der Waals surface area contributed by atoms with Crippen molar-refractivity contribution in [1.82, 2.24) is 0 Å². The maximum atomic E-state index is 13.0. The lowest BCUT2D eigenvalue weighted by molar-refractivity contribution is -0.137. The van der Waals surface area contributed by atoms with E-state index in [0.717, 1.165) is 16.6 Å². The summed E-state index contributed by atoms with van der Waals surface area (Å²) in [7, 11) is -3.91. The Balaban J connectivity index is 2.41. The Bertz CT molecular complexity index is 1010. The quantitative estimate of drug-likeness (QED) is 0.633. The second-order valence-corrected chi connectivity index (χ2v) is 8.85. The van der Waals surface area contributed by atoms with Gasteiger partial charge < -0.3 is 5.32 Å². The fraction of sp³-hybridized carbons (Fsp3) is 0.278. The van der Waals surface area contributed by atoms with E-state index in [4.69, 9.17) is 23.2 Å². The summed E-state index contributed by atoms with van der Waals surface area (Å²) in [5, 5.41) is 2.08. The van der Waals surface area contributed by atoms with Crippen LogP contribution in [-0.4, -0.2) is 26.6 Å². The average Bonchev–Trinajstić information content (AvgIpc) is 2.58. The molecule has 0 saturated heterocycles. The number of nitrogens with one attached hydrogen (secondary N) is 1. The summed E-state index contributed by atoms with van der Waals surface area (Å²) in [5.74, 6) is -0.798. The zero-order chi connectivity index (χ0) is 22.0. The summed E-state index contributed by atoms with van der Waals surface area (Å²) >= 11 is 11.5. The van der Waals surface area contributed by atoms with Crippen LogP contribution in [0.1, 0.15) is 18.9 Å². The number of hydrogen-bond acceptors (Lipinski definition) is 3. The van der Waals surface area contributed by atoms with Gasteiger partial charge in [0.1, 0.15) is 6.04 Å². The van der Waals surface area contributed by atoms with E-state index in [0.29, 0.717) is 6.07 Å². The Morgan fingerprint density at radius 3 is 2.34 bits per heavy atom. The summed E-state index contributed by atoms with van der Waals surface area (Å²) in [6.45, 7) is 1.58. The highest BCUT2D eigenvalue weighted by Gasteiger charge is 2.35. The van der Waals surface area contributed by atoms with Gasteiger partial charge in [0.2, 0.25) is 15.9 Å². The lowest BCUT2D eigenvalue weighted by Gasteiger charge is -2.30. The molecular weight excluding hydrogens is 452 g/mol. The number of anilines is 2. The van der Waals surface area contributed by atoms with Crippen molar-refractivity contribution in [3.05, 3.63) is 58.1 Å². The molecule has 29 heavy (non-hydrogen) atoms. The van der Waals surface area contributed by atoms with Crippen molar-refractivity contribution in [1.29, 1.82) is 0 Å². The Labute approximate surface area is 176 Å². The summed E-state index contributed by atoms with van der Waals surface area (Å²) in [6, 6.07) is 7.59. The number of carbonyl (C=O) groups excluding carboxylic acids is 1. The number of alkyl halides is 3. The molecule has 0 aliphatic rings. The number of hydrogen-bond donors (Lipinski definition) is 1. The number of halogens is 5. The van der Waals surface area contributed by atoms with Crippen LogP contribution in [0.4, 0.5) is 24.5 Å². The fourth-order valence-electron chi connectivity index (χ4n) is 2.72. The second kappa shape index (κ2) is 8.81. The number of nitrogens with zero attached hydrogens (tertiary/aromatic N) is 1. The molecule has 0 heterocycles. The molecule has 0 radical (unpaired) electrons. The number of benzene rings is 2. The van der Waals surface area contributed by atoms with Crippen LogP contribution in [0, 0.1) is 0 Å². The van der Waals surface area contributed by atoms with Gasteiger partial charge in [-0.05, 0) is 42.8 Å². The molecule has 0 saturated carbocycles. The molecule has 1 amide bonds. The van der Waals surface area contributed by atoms with E-state index < -0.39 is 38.7 Å². The number of carbonyl (C=O) groups is 1. The third-order valence-electron chi connectivity index (χ3n) is 3.93. The molecule has 5 nitrogen and oxygen atoms in total. The molecule has 0 fully saturated rings. The minimum atomic E-state index is -4.71. The molecule has 1 atom stereocenters. The van der Waals surface area contributed by atoms with Crippen molar-refractivity contribution >= 4 is 50.5 Å². The lowest BCUT2D eigenvalue weighted by Crippen LogP contribution is -2.47. The van der Waals surface area contributed by atoms with E-state index >= 15 is 0 Å². The monoisotopic (exact) mass is 468 g/mol. The summed E-state index contributed by atoms with van der Waals surface area (Å²) in [6.07, 6.45) is -3.72. The van der Waals surface area contributed by atoms with Crippen LogP contribution in [0.3, 0.4) is 0 Å². The van der Waals surface area contributed by atoms with Crippen LogP contribution < -0.4 is 9.62 Å². The van der Waals surface area contributed by atoms with Crippen LogP contribution in [0.15, 0.2) is 42.5 Å². The molecule has 158 valence electrons. The number of rotatable bonds is 6. The van der Waals surface area contributed by atoms with Gasteiger partial charge in [0.25, 0.3) is 0 Å². The van der Waals surface area contributed by atoms with Gasteiger partial charge in [-0.15, -0.1) is 0 Å². The molecule has 0 aromatic heterocycles. The Morgan fingerprint density at radius 1 is 1.17 bits per heavy atom. The first-order chi connectivity index (χ1) is 13.3. The van der Waals surface area contributed by atoms with E-state index in [-0.39, 0.29) is 22.8 Å². The number of amides is 1. The molecule has 0 spiro atoms. The normalized spacial score (nSPS) is 13.1. The van der Waals surface area contributed by atoms with Crippen molar-refractivity contribution in [3.8, 4) is 0 Å². The van der Waals surface area contributed by atoms with E-state index in [9.17, 15) is 26.4 Å². The highest BCUT2D eigenvalue weighted by Crippen LogP contribution is 2.36. The maximum absolute atomic E-state index is 13.0. The molecule has 11 heteroatoms. The molecule has 0 aliphatic heterocycles. The van der Waals surface area contributed by atoms with Crippen LogP contribution >= 0.6 is 23.2 Å². The first-order valence-electron chi connectivity index (χ1n) is 8.27. The van der Waals surface area contributed by atoms with Crippen molar-refractivity contribution < 1.29 is 26.4 Å². The van der Waals surface area contributed by atoms with Gasteiger partial charge in [-0.2, -0.15) is 13.2 Å². The zero-order valence-corrected chi connectivity index (χ0v) is 17.6. The summed E-state index contributed by atoms with van der Waals surface area (Å²) in [5.41, 5.74) is -1.11. The Kier molecular flexibility index (Phi) is 7.08. The van der Waals surface area contributed by atoms with E-state index in [1.54, 1.807) is 13.0 Å². The molecule has 0 bridgehead atoms. The van der Waals surface area contributed by atoms with Gasteiger partial charge in [0.15, 0.2) is 0 Å². The molecule has 2 aromatic rings. The van der Waals surface area contributed by atoms with Gasteiger partial charge in [0, 0.05) is 10.7 Å². The van der Waals surface area contributed by atoms with Crippen molar-refractivity contribution in [2.24, 2.45) is 0 Å². The van der Waals surface area contributed by atoms with E-state index in [1.165, 1.54) is 24.3 Å². The molecular formula is C18H17Cl2F3N2O3S. The number of sulfonamides is 1. The van der Waals surface area contributed by atoms with Crippen molar-refractivity contribution in [2.75, 3.05) is 15.9 Å². The summed E-state index contributed by atoms with van der Waals surface area (Å²) < 4.78 is 64.7. The molecule has 1 N–H and O–H groups in total.